The monoisotopic (exact) mass is 252 g/mol. The Labute approximate surface area is 102 Å². The highest BCUT2D eigenvalue weighted by Gasteiger charge is 2.46. The first-order chi connectivity index (χ1) is 8.59. The van der Waals surface area contributed by atoms with Gasteiger partial charge >= 0.3 is 12.2 Å². The van der Waals surface area contributed by atoms with Crippen molar-refractivity contribution < 1.29 is 19.8 Å². The van der Waals surface area contributed by atoms with E-state index in [9.17, 15) is 14.7 Å². The highest BCUT2D eigenvalue weighted by Crippen LogP contribution is 2.35. The number of carbonyl (C=O) groups is 2. The zero-order chi connectivity index (χ0) is 12.9. The lowest BCUT2D eigenvalue weighted by atomic mass is 10.0. The van der Waals surface area contributed by atoms with E-state index in [4.69, 9.17) is 5.11 Å². The second-order valence-electron chi connectivity index (χ2n) is 4.43. The molecule has 0 aliphatic carbocycles. The summed E-state index contributed by atoms with van der Waals surface area (Å²) >= 11 is 0. The Balaban J connectivity index is 2.03. The van der Waals surface area contributed by atoms with Crippen molar-refractivity contribution in [3.05, 3.63) is 11.8 Å². The van der Waals surface area contributed by atoms with Crippen LogP contribution in [0.15, 0.2) is 16.9 Å². The van der Waals surface area contributed by atoms with Crippen molar-refractivity contribution in [3.63, 3.8) is 0 Å². The number of nitrogens with one attached hydrogen (secondary N) is 1. The zero-order valence-electron chi connectivity index (χ0n) is 9.41. The fraction of sp³-hybridized carbons (Fsp3) is 0.500. The van der Waals surface area contributed by atoms with Crippen molar-refractivity contribution in [2.75, 3.05) is 6.67 Å². The summed E-state index contributed by atoms with van der Waals surface area (Å²) in [5.41, 5.74) is 3.65. The molecule has 0 aromatic heterocycles. The summed E-state index contributed by atoms with van der Waals surface area (Å²) in [6.45, 7) is 0.0944. The molecular formula is C10H12N4O4. The molecule has 0 saturated carbocycles. The SMILES string of the molecule is O=C(O)N1CNN=C2C1=CC1CCC2N1C(=O)O. The van der Waals surface area contributed by atoms with E-state index in [2.05, 4.69) is 10.5 Å². The first-order valence-corrected chi connectivity index (χ1v) is 5.64. The lowest BCUT2D eigenvalue weighted by Gasteiger charge is -2.37. The maximum atomic E-state index is 11.2. The molecule has 3 heterocycles. The Morgan fingerprint density at radius 1 is 1.33 bits per heavy atom. The minimum Gasteiger partial charge on any atom is -0.465 e. The van der Waals surface area contributed by atoms with Gasteiger partial charge in [-0.1, -0.05) is 0 Å². The molecule has 2 unspecified atom stereocenters. The van der Waals surface area contributed by atoms with Gasteiger partial charge in [0, 0.05) is 0 Å². The molecule has 2 bridgehead atoms. The third kappa shape index (κ3) is 1.35. The van der Waals surface area contributed by atoms with Gasteiger partial charge in [-0.2, -0.15) is 5.10 Å². The van der Waals surface area contributed by atoms with E-state index in [0.717, 1.165) is 4.90 Å². The first-order valence-electron chi connectivity index (χ1n) is 5.64. The zero-order valence-corrected chi connectivity index (χ0v) is 9.41. The van der Waals surface area contributed by atoms with Crippen molar-refractivity contribution in [3.8, 4) is 0 Å². The molecule has 0 aromatic carbocycles. The van der Waals surface area contributed by atoms with Crippen molar-refractivity contribution in [2.24, 2.45) is 5.10 Å². The quantitative estimate of drug-likeness (QED) is 0.574. The summed E-state index contributed by atoms with van der Waals surface area (Å²) in [6.07, 6.45) is 1.00. The van der Waals surface area contributed by atoms with Crippen LogP contribution in [0.25, 0.3) is 0 Å². The second kappa shape index (κ2) is 3.62. The molecule has 3 rings (SSSR count). The van der Waals surface area contributed by atoms with Crippen LogP contribution in [0, 0.1) is 0 Å². The standard InChI is InChI=1S/C10H12N4O4/c15-9(16)13-4-11-12-8-6-2-1-5(3-7(8)13)14(6)10(17)18/h3,5-6,11H,1-2,4H2,(H,15,16)(H,17,18). The average molecular weight is 252 g/mol. The van der Waals surface area contributed by atoms with Gasteiger partial charge in [0.15, 0.2) is 0 Å². The summed E-state index contributed by atoms with van der Waals surface area (Å²) in [5.74, 6) is 0. The van der Waals surface area contributed by atoms with Crippen LogP contribution in [0.4, 0.5) is 9.59 Å². The van der Waals surface area contributed by atoms with Gasteiger partial charge in [-0.3, -0.25) is 15.2 Å². The van der Waals surface area contributed by atoms with Gasteiger partial charge in [0.05, 0.1) is 17.8 Å². The van der Waals surface area contributed by atoms with E-state index in [1.807, 2.05) is 0 Å². The number of nitrogens with zero attached hydrogens (tertiary/aromatic N) is 3. The van der Waals surface area contributed by atoms with E-state index < -0.39 is 12.2 Å². The Kier molecular flexibility index (Phi) is 2.19. The van der Waals surface area contributed by atoms with Crippen LogP contribution in [0.3, 0.4) is 0 Å². The molecule has 1 saturated heterocycles. The largest absolute Gasteiger partial charge is 0.465 e. The highest BCUT2D eigenvalue weighted by molar-refractivity contribution is 6.08. The molecule has 3 N–H and O–H groups in total. The molecule has 2 amide bonds. The van der Waals surface area contributed by atoms with Crippen LogP contribution >= 0.6 is 0 Å². The molecule has 0 aromatic rings. The lowest BCUT2D eigenvalue weighted by Crippen LogP contribution is -2.54. The van der Waals surface area contributed by atoms with Crippen molar-refractivity contribution in [1.29, 1.82) is 0 Å². The van der Waals surface area contributed by atoms with Gasteiger partial charge in [0.1, 0.15) is 12.4 Å². The number of hydrogen-bond acceptors (Lipinski definition) is 4. The molecular weight excluding hydrogens is 240 g/mol. The van der Waals surface area contributed by atoms with Gasteiger partial charge in [-0.15, -0.1) is 0 Å². The Morgan fingerprint density at radius 3 is 2.78 bits per heavy atom. The predicted molar refractivity (Wildman–Crippen MR) is 60.1 cm³/mol. The summed E-state index contributed by atoms with van der Waals surface area (Å²) in [6, 6.07) is -0.594. The summed E-state index contributed by atoms with van der Waals surface area (Å²) in [7, 11) is 0. The van der Waals surface area contributed by atoms with Gasteiger partial charge in [-0.05, 0) is 18.9 Å². The van der Waals surface area contributed by atoms with Crippen molar-refractivity contribution in [2.45, 2.75) is 24.9 Å². The normalized spacial score (nSPS) is 29.1. The molecule has 8 heteroatoms. The molecule has 1 fully saturated rings. The van der Waals surface area contributed by atoms with Crippen LogP contribution < -0.4 is 5.43 Å². The first kappa shape index (κ1) is 10.9. The fourth-order valence-electron chi connectivity index (χ4n) is 2.79. The molecule has 2 atom stereocenters. The molecule has 0 spiro atoms. The van der Waals surface area contributed by atoms with E-state index in [1.54, 1.807) is 6.08 Å². The summed E-state index contributed by atoms with van der Waals surface area (Å²) < 4.78 is 0. The van der Waals surface area contributed by atoms with E-state index >= 15 is 0 Å². The average Bonchev–Trinajstić information content (AvgIpc) is 2.65. The van der Waals surface area contributed by atoms with Crippen LogP contribution in [0.2, 0.25) is 0 Å². The smallest absolute Gasteiger partial charge is 0.413 e. The van der Waals surface area contributed by atoms with Gasteiger partial charge in [0.25, 0.3) is 0 Å². The van der Waals surface area contributed by atoms with E-state index in [1.165, 1.54) is 4.90 Å². The number of amides is 2. The molecule has 18 heavy (non-hydrogen) atoms. The molecule has 8 nitrogen and oxygen atoms in total. The fourth-order valence-corrected chi connectivity index (χ4v) is 2.79. The second-order valence-corrected chi connectivity index (χ2v) is 4.43. The number of hydrazone groups is 1. The summed E-state index contributed by atoms with van der Waals surface area (Å²) in [4.78, 5) is 24.8. The maximum Gasteiger partial charge on any atom is 0.413 e. The Morgan fingerprint density at radius 2 is 2.11 bits per heavy atom. The van der Waals surface area contributed by atoms with E-state index in [0.29, 0.717) is 24.3 Å². The number of rotatable bonds is 0. The van der Waals surface area contributed by atoms with Crippen LogP contribution in [-0.2, 0) is 0 Å². The number of fused-ring (bicyclic) bond motifs is 4. The predicted octanol–water partition coefficient (Wildman–Crippen LogP) is 0.292. The number of carboxylic acid groups (broad SMARTS) is 2. The van der Waals surface area contributed by atoms with Crippen LogP contribution in [0.1, 0.15) is 12.8 Å². The van der Waals surface area contributed by atoms with Gasteiger partial charge in [0.2, 0.25) is 0 Å². The molecule has 96 valence electrons. The van der Waals surface area contributed by atoms with Gasteiger partial charge in [-0.25, -0.2) is 9.59 Å². The molecule has 3 aliphatic rings. The highest BCUT2D eigenvalue weighted by atomic mass is 16.4. The minimum absolute atomic E-state index is 0.0944. The minimum atomic E-state index is -1.07. The third-order valence-electron chi connectivity index (χ3n) is 3.53. The van der Waals surface area contributed by atoms with E-state index in [-0.39, 0.29) is 18.8 Å². The molecule has 3 aliphatic heterocycles. The van der Waals surface area contributed by atoms with Crippen molar-refractivity contribution in [1.82, 2.24) is 15.2 Å². The maximum absolute atomic E-state index is 11.2. The third-order valence-corrected chi connectivity index (χ3v) is 3.53. The van der Waals surface area contributed by atoms with Crippen molar-refractivity contribution >= 4 is 17.9 Å². The van der Waals surface area contributed by atoms with Gasteiger partial charge < -0.3 is 10.2 Å². The number of hydrogen-bond donors (Lipinski definition) is 3. The van der Waals surface area contributed by atoms with Crippen LogP contribution in [-0.4, -0.2) is 56.7 Å². The molecule has 0 radical (unpaired) electrons. The lowest BCUT2D eigenvalue weighted by molar-refractivity contribution is 0.134. The Bertz CT molecular complexity index is 486. The Hall–Kier alpha value is -2.25. The topological polar surface area (TPSA) is 105 Å². The van der Waals surface area contributed by atoms with Crippen LogP contribution in [0.5, 0.6) is 0 Å². The summed E-state index contributed by atoms with van der Waals surface area (Å²) in [5, 5.41) is 22.4.